The number of allylic oxidation sites excluding steroid dienone is 1. The summed E-state index contributed by atoms with van der Waals surface area (Å²) in [5, 5.41) is 10.1. The highest BCUT2D eigenvalue weighted by Crippen LogP contribution is 2.45. The molecule has 1 fully saturated rings. The maximum absolute atomic E-state index is 13.4. The summed E-state index contributed by atoms with van der Waals surface area (Å²) in [5.41, 5.74) is 3.35. The highest BCUT2D eigenvalue weighted by molar-refractivity contribution is 6.31. The lowest BCUT2D eigenvalue weighted by atomic mass is 9.67. The Morgan fingerprint density at radius 3 is 2.36 bits per heavy atom. The zero-order valence-corrected chi connectivity index (χ0v) is 21.8. The third kappa shape index (κ3) is 5.82. The quantitative estimate of drug-likeness (QED) is 0.484. The number of nitrogens with zero attached hydrogens (tertiary/aromatic N) is 1. The molecule has 1 N–H and O–H groups in total. The van der Waals surface area contributed by atoms with Gasteiger partial charge >= 0.3 is 5.97 Å². The van der Waals surface area contributed by atoms with Gasteiger partial charge in [0.05, 0.1) is 5.92 Å². The molecule has 1 amide bonds. The minimum atomic E-state index is -0.716. The zero-order valence-electron chi connectivity index (χ0n) is 21.1. The zero-order chi connectivity index (χ0) is 24.6. The SMILES string of the molecule is CC(C)C1=CN(C2CCC(C(=O)O)CC2)C(=O)C[C@@]1(C)c1ccc(CCC(C)(C)C)c(Cl)c1. The Morgan fingerprint density at radius 1 is 1.21 bits per heavy atom. The fourth-order valence-corrected chi connectivity index (χ4v) is 5.70. The van der Waals surface area contributed by atoms with Crippen molar-refractivity contribution in [1.29, 1.82) is 0 Å². The molecule has 1 saturated carbocycles. The average molecular weight is 474 g/mol. The smallest absolute Gasteiger partial charge is 0.306 e. The molecular weight excluding hydrogens is 434 g/mol. The second-order valence-electron chi connectivity index (χ2n) is 11.8. The van der Waals surface area contributed by atoms with Crippen LogP contribution < -0.4 is 0 Å². The molecule has 0 spiro atoms. The fourth-order valence-electron chi connectivity index (χ4n) is 5.43. The van der Waals surface area contributed by atoms with E-state index in [1.54, 1.807) is 0 Å². The number of aryl methyl sites for hydroxylation is 1. The molecule has 1 aliphatic heterocycles. The molecule has 5 heteroatoms. The van der Waals surface area contributed by atoms with E-state index in [9.17, 15) is 14.7 Å². The van der Waals surface area contributed by atoms with Gasteiger partial charge in [-0.25, -0.2) is 0 Å². The molecule has 1 aromatic carbocycles. The molecule has 0 bridgehead atoms. The summed E-state index contributed by atoms with van der Waals surface area (Å²) in [6.07, 6.45) is 7.26. The van der Waals surface area contributed by atoms with Crippen molar-refractivity contribution in [2.24, 2.45) is 17.3 Å². The summed E-state index contributed by atoms with van der Waals surface area (Å²) in [5.74, 6) is -0.597. The number of amides is 1. The number of carboxylic acids is 1. The van der Waals surface area contributed by atoms with E-state index in [2.05, 4.69) is 65.9 Å². The number of carbonyl (C=O) groups excluding carboxylic acids is 1. The molecule has 4 nitrogen and oxygen atoms in total. The first-order valence-electron chi connectivity index (χ1n) is 12.4. The van der Waals surface area contributed by atoms with E-state index < -0.39 is 11.4 Å². The van der Waals surface area contributed by atoms with Crippen molar-refractivity contribution in [2.75, 3.05) is 0 Å². The van der Waals surface area contributed by atoms with E-state index in [0.717, 1.165) is 41.8 Å². The van der Waals surface area contributed by atoms with Gasteiger partial charge in [0, 0.05) is 29.1 Å². The van der Waals surface area contributed by atoms with E-state index in [0.29, 0.717) is 19.3 Å². The molecule has 0 aromatic heterocycles. The minimum absolute atomic E-state index is 0.0924. The second kappa shape index (κ2) is 9.82. The summed E-state index contributed by atoms with van der Waals surface area (Å²) in [6.45, 7) is 13.2. The van der Waals surface area contributed by atoms with Crippen LogP contribution in [0.15, 0.2) is 30.0 Å². The molecule has 1 heterocycles. The van der Waals surface area contributed by atoms with Crippen LogP contribution in [-0.4, -0.2) is 27.9 Å². The molecule has 1 aromatic rings. The Kier molecular flexibility index (Phi) is 7.68. The van der Waals surface area contributed by atoms with Gasteiger partial charge in [0.1, 0.15) is 0 Å². The van der Waals surface area contributed by atoms with Gasteiger partial charge in [-0.1, -0.05) is 65.3 Å². The van der Waals surface area contributed by atoms with Gasteiger partial charge in [0.2, 0.25) is 5.91 Å². The van der Waals surface area contributed by atoms with Crippen LogP contribution in [0.2, 0.25) is 5.02 Å². The summed E-state index contributed by atoms with van der Waals surface area (Å²) < 4.78 is 0. The van der Waals surface area contributed by atoms with Crippen molar-refractivity contribution in [1.82, 2.24) is 4.90 Å². The number of halogens is 1. The van der Waals surface area contributed by atoms with Gasteiger partial charge in [-0.2, -0.15) is 0 Å². The van der Waals surface area contributed by atoms with Crippen LogP contribution in [0.5, 0.6) is 0 Å². The number of benzene rings is 1. The van der Waals surface area contributed by atoms with Crippen LogP contribution in [0.1, 0.15) is 91.2 Å². The van der Waals surface area contributed by atoms with Crippen molar-refractivity contribution in [3.8, 4) is 0 Å². The van der Waals surface area contributed by atoms with Gasteiger partial charge in [0.15, 0.2) is 0 Å². The molecule has 0 saturated heterocycles. The van der Waals surface area contributed by atoms with Gasteiger partial charge in [-0.3, -0.25) is 9.59 Å². The maximum Gasteiger partial charge on any atom is 0.306 e. The molecule has 33 heavy (non-hydrogen) atoms. The molecule has 1 atom stereocenters. The Labute approximate surface area is 204 Å². The largest absolute Gasteiger partial charge is 0.481 e. The lowest BCUT2D eigenvalue weighted by Gasteiger charge is -2.44. The molecule has 0 unspecified atom stereocenters. The molecule has 2 aliphatic rings. The van der Waals surface area contributed by atoms with E-state index in [-0.39, 0.29) is 29.2 Å². The summed E-state index contributed by atoms with van der Waals surface area (Å²) in [7, 11) is 0. The Balaban J connectivity index is 1.87. The van der Waals surface area contributed by atoms with E-state index in [1.165, 1.54) is 5.57 Å². The number of hydrogen-bond acceptors (Lipinski definition) is 2. The number of carbonyl (C=O) groups is 2. The Morgan fingerprint density at radius 2 is 1.85 bits per heavy atom. The molecule has 0 radical (unpaired) electrons. The van der Waals surface area contributed by atoms with E-state index in [4.69, 9.17) is 11.6 Å². The summed E-state index contributed by atoms with van der Waals surface area (Å²) >= 11 is 6.73. The normalized spacial score (nSPS) is 26.5. The summed E-state index contributed by atoms with van der Waals surface area (Å²) in [6, 6.07) is 6.45. The van der Waals surface area contributed by atoms with E-state index in [1.807, 2.05) is 4.90 Å². The van der Waals surface area contributed by atoms with Crippen molar-refractivity contribution < 1.29 is 14.7 Å². The monoisotopic (exact) mass is 473 g/mol. The molecular formula is C28H40ClNO3. The number of hydrogen-bond donors (Lipinski definition) is 1. The highest BCUT2D eigenvalue weighted by atomic mass is 35.5. The lowest BCUT2D eigenvalue weighted by molar-refractivity contribution is -0.143. The molecule has 3 rings (SSSR count). The van der Waals surface area contributed by atoms with Crippen LogP contribution in [0.25, 0.3) is 0 Å². The number of aliphatic carboxylic acids is 1. The first kappa shape index (κ1) is 25.8. The third-order valence-corrected chi connectivity index (χ3v) is 7.96. The molecule has 1 aliphatic carbocycles. The number of carboxylic acid groups (broad SMARTS) is 1. The van der Waals surface area contributed by atoms with Gasteiger partial charge in [-0.15, -0.1) is 0 Å². The highest BCUT2D eigenvalue weighted by Gasteiger charge is 2.42. The topological polar surface area (TPSA) is 57.6 Å². The first-order chi connectivity index (χ1) is 15.3. The molecule has 182 valence electrons. The van der Waals surface area contributed by atoms with Crippen LogP contribution >= 0.6 is 11.6 Å². The van der Waals surface area contributed by atoms with Crippen LogP contribution in [-0.2, 0) is 21.4 Å². The predicted molar refractivity (Wildman–Crippen MR) is 134 cm³/mol. The van der Waals surface area contributed by atoms with Crippen molar-refractivity contribution >= 4 is 23.5 Å². The lowest BCUT2D eigenvalue weighted by Crippen LogP contribution is -2.47. The fraction of sp³-hybridized carbons (Fsp3) is 0.643. The van der Waals surface area contributed by atoms with E-state index >= 15 is 0 Å². The van der Waals surface area contributed by atoms with Crippen molar-refractivity contribution in [3.63, 3.8) is 0 Å². The Bertz CT molecular complexity index is 922. The number of rotatable bonds is 6. The summed E-state index contributed by atoms with van der Waals surface area (Å²) in [4.78, 5) is 26.6. The van der Waals surface area contributed by atoms with Gasteiger partial charge in [0.25, 0.3) is 0 Å². The minimum Gasteiger partial charge on any atom is -0.481 e. The van der Waals surface area contributed by atoms with Crippen LogP contribution in [0.3, 0.4) is 0 Å². The predicted octanol–water partition coefficient (Wildman–Crippen LogP) is 6.99. The Hall–Kier alpha value is -1.81. The van der Waals surface area contributed by atoms with Gasteiger partial charge in [-0.05, 0) is 72.6 Å². The maximum atomic E-state index is 13.4. The third-order valence-electron chi connectivity index (χ3n) is 7.60. The standard InChI is InChI=1S/C28H40ClNO3/c1-18(2)23-17-30(22-11-8-20(9-12-22)26(32)33)25(31)16-28(23,6)21-10-7-19(24(29)15-21)13-14-27(3,4)5/h7,10,15,17-18,20,22H,8-9,11-14,16H2,1-6H3,(H,32,33)/t20?,22?,28-/m0/s1. The van der Waals surface area contributed by atoms with Crippen LogP contribution in [0, 0.1) is 17.3 Å². The second-order valence-corrected chi connectivity index (χ2v) is 12.2. The van der Waals surface area contributed by atoms with Crippen molar-refractivity contribution in [2.45, 2.75) is 97.9 Å². The van der Waals surface area contributed by atoms with Crippen LogP contribution in [0.4, 0.5) is 0 Å². The average Bonchev–Trinajstić information content (AvgIpc) is 2.72. The van der Waals surface area contributed by atoms with Gasteiger partial charge < -0.3 is 10.0 Å². The van der Waals surface area contributed by atoms with Crippen molar-refractivity contribution in [3.05, 3.63) is 46.1 Å². The first-order valence-corrected chi connectivity index (χ1v) is 12.7.